The van der Waals surface area contributed by atoms with Gasteiger partial charge in [0.15, 0.2) is 5.69 Å². The van der Waals surface area contributed by atoms with Crippen LogP contribution in [0, 0.1) is 0 Å². The number of alkyl halides is 2. The lowest BCUT2D eigenvalue weighted by Gasteiger charge is -2.10. The first-order chi connectivity index (χ1) is 6.97. The van der Waals surface area contributed by atoms with Crippen LogP contribution in [0.5, 0.6) is 5.75 Å². The van der Waals surface area contributed by atoms with Gasteiger partial charge in [-0.05, 0) is 0 Å². The molecule has 0 aromatic carbocycles. The molecule has 0 saturated carbocycles. The van der Waals surface area contributed by atoms with E-state index in [9.17, 15) is 13.6 Å². The lowest BCUT2D eigenvalue weighted by Crippen LogP contribution is -2.08. The van der Waals surface area contributed by atoms with Crippen molar-refractivity contribution in [1.29, 1.82) is 0 Å². The number of rotatable bonds is 3. The summed E-state index contributed by atoms with van der Waals surface area (Å²) in [4.78, 5) is 13.9. The van der Waals surface area contributed by atoms with Gasteiger partial charge in [0.25, 0.3) is 6.43 Å². The second-order valence-corrected chi connectivity index (χ2v) is 2.61. The number of halogens is 2. The normalized spacial score (nSPS) is 10.4. The Balaban J connectivity index is 3.37. The van der Waals surface area contributed by atoms with Gasteiger partial charge in [-0.2, -0.15) is 0 Å². The summed E-state index contributed by atoms with van der Waals surface area (Å²) in [5.74, 6) is -2.18. The SMILES string of the molecule is COc1cc(C(=O)O)nc(N)c1C(F)F. The number of nitrogen functional groups attached to an aromatic ring is 1. The Labute approximate surface area is 83.5 Å². The maximum absolute atomic E-state index is 12.5. The highest BCUT2D eigenvalue weighted by molar-refractivity contribution is 5.86. The number of ether oxygens (including phenoxy) is 1. The Kier molecular flexibility index (Phi) is 3.03. The van der Waals surface area contributed by atoms with E-state index in [4.69, 9.17) is 10.8 Å². The molecule has 1 aromatic rings. The summed E-state index contributed by atoms with van der Waals surface area (Å²) in [7, 11) is 1.15. The van der Waals surface area contributed by atoms with E-state index in [0.717, 1.165) is 13.2 Å². The highest BCUT2D eigenvalue weighted by Crippen LogP contribution is 2.33. The molecule has 0 fully saturated rings. The van der Waals surface area contributed by atoms with Gasteiger partial charge in [-0.1, -0.05) is 0 Å². The number of carbonyl (C=O) groups is 1. The highest BCUT2D eigenvalue weighted by Gasteiger charge is 2.21. The zero-order valence-electron chi connectivity index (χ0n) is 7.70. The number of methoxy groups -OCH3 is 1. The zero-order chi connectivity index (χ0) is 11.6. The fourth-order valence-electron chi connectivity index (χ4n) is 1.05. The van der Waals surface area contributed by atoms with Crippen molar-refractivity contribution in [3.05, 3.63) is 17.3 Å². The van der Waals surface area contributed by atoms with Crippen LogP contribution in [-0.2, 0) is 0 Å². The smallest absolute Gasteiger partial charge is 0.354 e. The van der Waals surface area contributed by atoms with Gasteiger partial charge in [-0.3, -0.25) is 0 Å². The molecule has 1 heterocycles. The number of hydrogen-bond donors (Lipinski definition) is 2. The van der Waals surface area contributed by atoms with Crippen LogP contribution in [0.25, 0.3) is 0 Å². The quantitative estimate of drug-likeness (QED) is 0.798. The second kappa shape index (κ2) is 4.07. The minimum absolute atomic E-state index is 0.282. The first kappa shape index (κ1) is 11.2. The molecule has 5 nitrogen and oxygen atoms in total. The number of aromatic carboxylic acids is 1. The van der Waals surface area contributed by atoms with Crippen LogP contribution in [0.15, 0.2) is 6.07 Å². The topological polar surface area (TPSA) is 85.4 Å². The average molecular weight is 218 g/mol. The van der Waals surface area contributed by atoms with Crippen molar-refractivity contribution < 1.29 is 23.4 Å². The monoisotopic (exact) mass is 218 g/mol. The Morgan fingerprint density at radius 3 is 2.67 bits per heavy atom. The zero-order valence-corrected chi connectivity index (χ0v) is 7.70. The van der Waals surface area contributed by atoms with E-state index in [2.05, 4.69) is 9.72 Å². The average Bonchev–Trinajstić information content (AvgIpc) is 2.15. The molecule has 0 bridgehead atoms. The molecule has 0 atom stereocenters. The van der Waals surface area contributed by atoms with Gasteiger partial charge in [0.1, 0.15) is 17.1 Å². The largest absolute Gasteiger partial charge is 0.496 e. The number of nitrogens with zero attached hydrogens (tertiary/aromatic N) is 1. The first-order valence-electron chi connectivity index (χ1n) is 3.83. The van der Waals surface area contributed by atoms with Crippen LogP contribution < -0.4 is 10.5 Å². The molecule has 0 amide bonds. The van der Waals surface area contributed by atoms with E-state index in [1.54, 1.807) is 0 Å². The summed E-state index contributed by atoms with van der Waals surface area (Å²) < 4.78 is 29.5. The third kappa shape index (κ3) is 2.12. The van der Waals surface area contributed by atoms with Crippen molar-refractivity contribution >= 4 is 11.8 Å². The van der Waals surface area contributed by atoms with E-state index >= 15 is 0 Å². The van der Waals surface area contributed by atoms with E-state index in [0.29, 0.717) is 0 Å². The predicted molar refractivity (Wildman–Crippen MR) is 47.1 cm³/mol. The first-order valence-corrected chi connectivity index (χ1v) is 3.83. The van der Waals surface area contributed by atoms with E-state index in [-0.39, 0.29) is 5.75 Å². The molecule has 0 unspecified atom stereocenters. The summed E-state index contributed by atoms with van der Waals surface area (Å²) in [6, 6.07) is 0.903. The molecule has 82 valence electrons. The molecule has 15 heavy (non-hydrogen) atoms. The second-order valence-electron chi connectivity index (χ2n) is 2.61. The third-order valence-corrected chi connectivity index (χ3v) is 1.71. The van der Waals surface area contributed by atoms with Crippen LogP contribution in [0.3, 0.4) is 0 Å². The molecule has 0 radical (unpaired) electrons. The minimum atomic E-state index is -2.87. The van der Waals surface area contributed by atoms with E-state index in [1.165, 1.54) is 0 Å². The number of carboxylic acids is 1. The van der Waals surface area contributed by atoms with Crippen LogP contribution in [0.4, 0.5) is 14.6 Å². The van der Waals surface area contributed by atoms with Crippen LogP contribution in [0.2, 0.25) is 0 Å². The summed E-state index contributed by atoms with van der Waals surface area (Å²) in [6.07, 6.45) is -2.87. The lowest BCUT2D eigenvalue weighted by molar-refractivity contribution is 0.0689. The van der Waals surface area contributed by atoms with E-state index < -0.39 is 29.5 Å². The molecule has 0 aliphatic carbocycles. The Morgan fingerprint density at radius 1 is 1.67 bits per heavy atom. The van der Waals surface area contributed by atoms with Gasteiger partial charge < -0.3 is 15.6 Å². The molecule has 7 heteroatoms. The van der Waals surface area contributed by atoms with Crippen molar-refractivity contribution in [3.8, 4) is 5.75 Å². The molecule has 1 rings (SSSR count). The molecule has 0 spiro atoms. The van der Waals surface area contributed by atoms with Crippen molar-refractivity contribution in [2.45, 2.75) is 6.43 Å². The number of aromatic nitrogens is 1. The van der Waals surface area contributed by atoms with Crippen LogP contribution >= 0.6 is 0 Å². The Bertz CT molecular complexity index is 396. The lowest BCUT2D eigenvalue weighted by atomic mass is 10.2. The van der Waals surface area contributed by atoms with Gasteiger partial charge in [0.2, 0.25) is 0 Å². The van der Waals surface area contributed by atoms with Crippen molar-refractivity contribution in [2.24, 2.45) is 0 Å². The molecule has 0 saturated heterocycles. The Morgan fingerprint density at radius 2 is 2.27 bits per heavy atom. The number of pyridine rings is 1. The molecular weight excluding hydrogens is 210 g/mol. The van der Waals surface area contributed by atoms with Gasteiger partial charge in [0.05, 0.1) is 7.11 Å². The number of nitrogens with two attached hydrogens (primary N) is 1. The van der Waals surface area contributed by atoms with Gasteiger partial charge in [-0.25, -0.2) is 18.6 Å². The summed E-state index contributed by atoms with van der Waals surface area (Å²) in [6.45, 7) is 0. The summed E-state index contributed by atoms with van der Waals surface area (Å²) >= 11 is 0. The fraction of sp³-hybridized carbons (Fsp3) is 0.250. The number of anilines is 1. The highest BCUT2D eigenvalue weighted by atomic mass is 19.3. The maximum Gasteiger partial charge on any atom is 0.354 e. The van der Waals surface area contributed by atoms with Gasteiger partial charge >= 0.3 is 5.97 Å². The molecule has 3 N–H and O–H groups in total. The fourth-order valence-corrected chi connectivity index (χ4v) is 1.05. The Hall–Kier alpha value is -1.92. The summed E-state index contributed by atoms with van der Waals surface area (Å²) in [5.41, 5.74) is 4.17. The van der Waals surface area contributed by atoms with Gasteiger partial charge in [-0.15, -0.1) is 0 Å². The minimum Gasteiger partial charge on any atom is -0.496 e. The molecular formula is C8H8F2N2O3. The summed E-state index contributed by atoms with van der Waals surface area (Å²) in [5, 5.41) is 8.60. The number of hydrogen-bond acceptors (Lipinski definition) is 4. The molecule has 1 aromatic heterocycles. The maximum atomic E-state index is 12.5. The molecule has 0 aliphatic rings. The standard InChI is InChI=1S/C8H8F2N2O3/c1-15-4-2-3(8(13)14)12-7(11)5(4)6(9)10/h2,6H,1H3,(H2,11,12)(H,13,14). The van der Waals surface area contributed by atoms with Crippen LogP contribution in [0.1, 0.15) is 22.5 Å². The number of carboxylic acid groups (broad SMARTS) is 1. The van der Waals surface area contributed by atoms with Crippen molar-refractivity contribution in [1.82, 2.24) is 4.98 Å². The molecule has 0 aliphatic heterocycles. The predicted octanol–water partition coefficient (Wildman–Crippen LogP) is 1.31. The van der Waals surface area contributed by atoms with Crippen molar-refractivity contribution in [2.75, 3.05) is 12.8 Å². The van der Waals surface area contributed by atoms with E-state index in [1.807, 2.05) is 0 Å². The van der Waals surface area contributed by atoms with Gasteiger partial charge in [0, 0.05) is 6.07 Å². The van der Waals surface area contributed by atoms with Crippen molar-refractivity contribution in [3.63, 3.8) is 0 Å². The van der Waals surface area contributed by atoms with Crippen LogP contribution in [-0.4, -0.2) is 23.2 Å². The third-order valence-electron chi connectivity index (χ3n) is 1.71.